The number of anilines is 1. The minimum absolute atomic E-state index is 0.182. The summed E-state index contributed by atoms with van der Waals surface area (Å²) < 4.78 is 43.3. The lowest BCUT2D eigenvalue weighted by atomic mass is 10.2. The SMILES string of the molecule is Nc1cc(Cl)ccc1Oc1ccc(C(F)(F)F)cc1Br. The average Bonchev–Trinajstić information content (AvgIpc) is 2.33. The zero-order valence-electron chi connectivity index (χ0n) is 9.84. The van der Waals surface area contributed by atoms with E-state index in [1.807, 2.05) is 0 Å². The molecule has 2 aromatic carbocycles. The van der Waals surface area contributed by atoms with Crippen LogP contribution in [0.15, 0.2) is 40.9 Å². The van der Waals surface area contributed by atoms with Gasteiger partial charge >= 0.3 is 6.18 Å². The van der Waals surface area contributed by atoms with Crippen molar-refractivity contribution in [3.8, 4) is 11.5 Å². The molecule has 0 atom stereocenters. The van der Waals surface area contributed by atoms with Crippen LogP contribution in [0.25, 0.3) is 0 Å². The summed E-state index contributed by atoms with van der Waals surface area (Å²) in [6.45, 7) is 0. The molecule has 0 fully saturated rings. The molecule has 2 N–H and O–H groups in total. The predicted octanol–water partition coefficient (Wildman–Crippen LogP) is 5.50. The Morgan fingerprint density at radius 1 is 1.05 bits per heavy atom. The van der Waals surface area contributed by atoms with Gasteiger partial charge in [0.15, 0.2) is 0 Å². The maximum absolute atomic E-state index is 12.5. The van der Waals surface area contributed by atoms with Crippen molar-refractivity contribution >= 4 is 33.2 Å². The standard InChI is InChI=1S/C13H8BrClF3NO/c14-9-5-7(13(16,17)18)1-3-11(9)20-12-4-2-8(15)6-10(12)19/h1-6H,19H2. The first-order chi connectivity index (χ1) is 9.27. The number of alkyl halides is 3. The first kappa shape index (κ1) is 15.0. The van der Waals surface area contributed by atoms with Gasteiger partial charge in [-0.1, -0.05) is 11.6 Å². The maximum Gasteiger partial charge on any atom is 0.416 e. The van der Waals surface area contributed by atoms with Crippen LogP contribution in [-0.2, 0) is 6.18 Å². The van der Waals surface area contributed by atoms with Gasteiger partial charge in [-0.3, -0.25) is 0 Å². The van der Waals surface area contributed by atoms with E-state index in [-0.39, 0.29) is 10.2 Å². The lowest BCUT2D eigenvalue weighted by molar-refractivity contribution is -0.137. The molecular formula is C13H8BrClF3NO. The first-order valence-corrected chi connectivity index (χ1v) is 6.54. The molecule has 0 amide bonds. The molecule has 0 heterocycles. The molecule has 0 bridgehead atoms. The highest BCUT2D eigenvalue weighted by atomic mass is 79.9. The molecule has 0 saturated carbocycles. The van der Waals surface area contributed by atoms with Crippen molar-refractivity contribution in [2.24, 2.45) is 0 Å². The molecule has 106 valence electrons. The molecule has 2 aromatic rings. The summed E-state index contributed by atoms with van der Waals surface area (Å²) in [7, 11) is 0. The molecule has 0 unspecified atom stereocenters. The van der Waals surface area contributed by atoms with Gasteiger partial charge in [-0.2, -0.15) is 13.2 Å². The van der Waals surface area contributed by atoms with Gasteiger partial charge in [-0.25, -0.2) is 0 Å². The fourth-order valence-corrected chi connectivity index (χ4v) is 2.13. The quantitative estimate of drug-likeness (QED) is 0.713. The Bertz CT molecular complexity index is 646. The monoisotopic (exact) mass is 365 g/mol. The number of benzene rings is 2. The zero-order chi connectivity index (χ0) is 14.9. The lowest BCUT2D eigenvalue weighted by Crippen LogP contribution is -2.04. The number of hydrogen-bond donors (Lipinski definition) is 1. The van der Waals surface area contributed by atoms with Crippen molar-refractivity contribution < 1.29 is 17.9 Å². The zero-order valence-corrected chi connectivity index (χ0v) is 12.2. The molecule has 20 heavy (non-hydrogen) atoms. The molecular weight excluding hydrogens is 358 g/mol. The lowest BCUT2D eigenvalue weighted by Gasteiger charge is -2.12. The average molecular weight is 367 g/mol. The minimum Gasteiger partial charge on any atom is -0.454 e. The van der Waals surface area contributed by atoms with Crippen molar-refractivity contribution in [1.29, 1.82) is 0 Å². The van der Waals surface area contributed by atoms with Gasteiger partial charge in [-0.15, -0.1) is 0 Å². The highest BCUT2D eigenvalue weighted by molar-refractivity contribution is 9.10. The fraction of sp³-hybridized carbons (Fsp3) is 0.0769. The Morgan fingerprint density at radius 2 is 1.70 bits per heavy atom. The van der Waals surface area contributed by atoms with E-state index in [0.29, 0.717) is 16.5 Å². The highest BCUT2D eigenvalue weighted by Crippen LogP contribution is 2.38. The van der Waals surface area contributed by atoms with Crippen molar-refractivity contribution in [3.05, 3.63) is 51.5 Å². The van der Waals surface area contributed by atoms with E-state index in [1.54, 1.807) is 12.1 Å². The Balaban J connectivity index is 2.30. The maximum atomic E-state index is 12.5. The van der Waals surface area contributed by atoms with Gasteiger partial charge in [0.1, 0.15) is 11.5 Å². The molecule has 7 heteroatoms. The molecule has 0 aliphatic heterocycles. The van der Waals surface area contributed by atoms with Crippen LogP contribution in [0.1, 0.15) is 5.56 Å². The third kappa shape index (κ3) is 3.37. The second-order valence-corrected chi connectivity index (χ2v) is 5.22. The number of nitrogen functional groups attached to an aromatic ring is 1. The molecule has 2 nitrogen and oxygen atoms in total. The van der Waals surface area contributed by atoms with Crippen LogP contribution in [0.2, 0.25) is 5.02 Å². The summed E-state index contributed by atoms with van der Waals surface area (Å²) >= 11 is 8.80. The van der Waals surface area contributed by atoms with E-state index >= 15 is 0 Å². The van der Waals surface area contributed by atoms with Crippen LogP contribution in [0, 0.1) is 0 Å². The second-order valence-electron chi connectivity index (χ2n) is 3.93. The molecule has 0 radical (unpaired) electrons. The van der Waals surface area contributed by atoms with Crippen molar-refractivity contribution in [3.63, 3.8) is 0 Å². The van der Waals surface area contributed by atoms with Crippen LogP contribution < -0.4 is 10.5 Å². The molecule has 0 saturated heterocycles. The number of ether oxygens (including phenoxy) is 1. The minimum atomic E-state index is -4.40. The molecule has 0 aliphatic rings. The Hall–Kier alpha value is -1.40. The van der Waals surface area contributed by atoms with E-state index in [2.05, 4.69) is 15.9 Å². The van der Waals surface area contributed by atoms with Crippen LogP contribution in [0.3, 0.4) is 0 Å². The summed E-state index contributed by atoms with van der Waals surface area (Å²) in [5.74, 6) is 0.543. The van der Waals surface area contributed by atoms with Gasteiger partial charge in [0, 0.05) is 5.02 Å². The van der Waals surface area contributed by atoms with E-state index in [9.17, 15) is 13.2 Å². The molecule has 0 aromatic heterocycles. The van der Waals surface area contributed by atoms with Crippen LogP contribution in [0.5, 0.6) is 11.5 Å². The van der Waals surface area contributed by atoms with Gasteiger partial charge in [-0.05, 0) is 52.3 Å². The molecule has 0 aliphatic carbocycles. The van der Waals surface area contributed by atoms with E-state index < -0.39 is 11.7 Å². The number of halogens is 5. The summed E-state index contributed by atoms with van der Waals surface area (Å²) in [4.78, 5) is 0. The van der Waals surface area contributed by atoms with E-state index in [1.165, 1.54) is 12.1 Å². The van der Waals surface area contributed by atoms with Gasteiger partial charge in [0.05, 0.1) is 15.7 Å². The van der Waals surface area contributed by atoms with Crippen LogP contribution >= 0.6 is 27.5 Å². The first-order valence-electron chi connectivity index (χ1n) is 5.37. The summed E-state index contributed by atoms with van der Waals surface area (Å²) in [6, 6.07) is 7.72. The van der Waals surface area contributed by atoms with Crippen LogP contribution in [0.4, 0.5) is 18.9 Å². The predicted molar refractivity (Wildman–Crippen MR) is 75.1 cm³/mol. The van der Waals surface area contributed by atoms with Crippen LogP contribution in [-0.4, -0.2) is 0 Å². The summed E-state index contributed by atoms with van der Waals surface area (Å²) in [5, 5.41) is 0.446. The van der Waals surface area contributed by atoms with Crippen molar-refractivity contribution in [1.82, 2.24) is 0 Å². The Labute approximate surface area is 126 Å². The van der Waals surface area contributed by atoms with E-state index in [4.69, 9.17) is 22.1 Å². The van der Waals surface area contributed by atoms with Crippen molar-refractivity contribution in [2.75, 3.05) is 5.73 Å². The van der Waals surface area contributed by atoms with Crippen molar-refractivity contribution in [2.45, 2.75) is 6.18 Å². The number of rotatable bonds is 2. The van der Waals surface area contributed by atoms with Gasteiger partial charge in [0.2, 0.25) is 0 Å². The third-order valence-electron chi connectivity index (χ3n) is 2.45. The fourth-order valence-electron chi connectivity index (χ4n) is 1.49. The largest absolute Gasteiger partial charge is 0.454 e. The Morgan fingerprint density at radius 3 is 2.25 bits per heavy atom. The topological polar surface area (TPSA) is 35.2 Å². The second kappa shape index (κ2) is 5.54. The molecule has 2 rings (SSSR count). The smallest absolute Gasteiger partial charge is 0.416 e. The molecule has 0 spiro atoms. The summed E-state index contributed by atoms with van der Waals surface area (Å²) in [5.41, 5.74) is 5.25. The van der Waals surface area contributed by atoms with Gasteiger partial charge < -0.3 is 10.5 Å². The van der Waals surface area contributed by atoms with Gasteiger partial charge in [0.25, 0.3) is 0 Å². The Kier molecular flexibility index (Phi) is 4.15. The normalized spacial score (nSPS) is 11.4. The van der Waals surface area contributed by atoms with E-state index in [0.717, 1.165) is 12.1 Å². The number of hydrogen-bond acceptors (Lipinski definition) is 2. The third-order valence-corrected chi connectivity index (χ3v) is 3.31. The number of nitrogens with two attached hydrogens (primary N) is 1. The summed E-state index contributed by atoms with van der Waals surface area (Å²) in [6.07, 6.45) is -4.40. The highest BCUT2D eigenvalue weighted by Gasteiger charge is 2.31.